The molecule has 0 spiro atoms. The molecule has 0 bridgehead atoms. The minimum atomic E-state index is 0.808. The topological polar surface area (TPSA) is 42.2 Å². The molecule has 1 aliphatic heterocycles. The molecule has 0 amide bonds. The van der Waals surface area contributed by atoms with Gasteiger partial charge >= 0.3 is 0 Å². The molecule has 3 heterocycles. The van der Waals surface area contributed by atoms with E-state index in [2.05, 4.69) is 30.8 Å². The first-order valence-corrected chi connectivity index (χ1v) is 7.70. The Labute approximate surface area is 124 Å². The number of rotatable bonds is 1. The Kier molecular flexibility index (Phi) is 2.88. The van der Waals surface area contributed by atoms with E-state index in [0.717, 1.165) is 45.4 Å². The minimum absolute atomic E-state index is 0.808. The molecular formula is C15H14BrN3O. The average molecular weight is 332 g/mol. The predicted octanol–water partition coefficient (Wildman–Crippen LogP) is 4.13. The van der Waals surface area contributed by atoms with Crippen LogP contribution in [0.3, 0.4) is 0 Å². The summed E-state index contributed by atoms with van der Waals surface area (Å²) in [5, 5.41) is 1.04. The summed E-state index contributed by atoms with van der Waals surface area (Å²) in [6, 6.07) is 6.01. The molecule has 1 aromatic carbocycles. The van der Waals surface area contributed by atoms with Gasteiger partial charge in [0.15, 0.2) is 11.4 Å². The molecule has 3 aromatic rings. The van der Waals surface area contributed by atoms with Crippen LogP contribution in [-0.4, -0.2) is 23.1 Å². The predicted molar refractivity (Wildman–Crippen MR) is 83.1 cm³/mol. The molecule has 0 saturated carbocycles. The van der Waals surface area contributed by atoms with Gasteiger partial charge in [-0.15, -0.1) is 0 Å². The number of benzene rings is 1. The molecular weight excluding hydrogens is 318 g/mol. The van der Waals surface area contributed by atoms with Gasteiger partial charge in [0.1, 0.15) is 17.4 Å². The van der Waals surface area contributed by atoms with Crippen molar-refractivity contribution in [3.8, 4) is 0 Å². The maximum absolute atomic E-state index is 6.00. The maximum atomic E-state index is 6.00. The third-order valence-corrected chi connectivity index (χ3v) is 4.34. The summed E-state index contributed by atoms with van der Waals surface area (Å²) >= 11 is 3.50. The summed E-state index contributed by atoms with van der Waals surface area (Å²) in [4.78, 5) is 11.2. The van der Waals surface area contributed by atoms with Crippen LogP contribution in [0.15, 0.2) is 33.4 Å². The van der Waals surface area contributed by atoms with Crippen molar-refractivity contribution in [1.29, 1.82) is 0 Å². The number of nitrogens with zero attached hydrogens (tertiary/aromatic N) is 3. The first-order valence-electron chi connectivity index (χ1n) is 6.90. The van der Waals surface area contributed by atoms with E-state index < -0.39 is 0 Å². The number of aromatic nitrogens is 2. The monoisotopic (exact) mass is 331 g/mol. The van der Waals surface area contributed by atoms with Gasteiger partial charge in [-0.3, -0.25) is 0 Å². The van der Waals surface area contributed by atoms with Crippen LogP contribution < -0.4 is 4.90 Å². The van der Waals surface area contributed by atoms with Crippen molar-refractivity contribution < 1.29 is 4.42 Å². The quantitative estimate of drug-likeness (QED) is 0.672. The first-order chi connectivity index (χ1) is 9.83. The summed E-state index contributed by atoms with van der Waals surface area (Å²) in [6.07, 6.45) is 5.38. The van der Waals surface area contributed by atoms with Crippen LogP contribution in [0, 0.1) is 0 Å². The second kappa shape index (κ2) is 4.74. The number of fused-ring (bicyclic) bond motifs is 3. The van der Waals surface area contributed by atoms with Crippen LogP contribution in [0.1, 0.15) is 19.3 Å². The lowest BCUT2D eigenvalue weighted by Gasteiger charge is -2.27. The summed E-state index contributed by atoms with van der Waals surface area (Å²) in [5.41, 5.74) is 2.57. The number of halogens is 1. The Hall–Kier alpha value is -1.62. The molecule has 0 radical (unpaired) electrons. The van der Waals surface area contributed by atoms with Crippen LogP contribution in [-0.2, 0) is 0 Å². The van der Waals surface area contributed by atoms with E-state index in [-0.39, 0.29) is 0 Å². The lowest BCUT2D eigenvalue weighted by Crippen LogP contribution is -2.30. The van der Waals surface area contributed by atoms with Gasteiger partial charge in [-0.1, -0.05) is 15.9 Å². The number of hydrogen-bond acceptors (Lipinski definition) is 4. The van der Waals surface area contributed by atoms with Crippen LogP contribution >= 0.6 is 15.9 Å². The smallest absolute Gasteiger partial charge is 0.196 e. The second-order valence-corrected chi connectivity index (χ2v) is 6.08. The van der Waals surface area contributed by atoms with E-state index in [1.54, 1.807) is 6.33 Å². The number of anilines is 1. The van der Waals surface area contributed by atoms with Gasteiger partial charge in [0.2, 0.25) is 0 Å². The summed E-state index contributed by atoms with van der Waals surface area (Å²) < 4.78 is 7.04. The Bertz CT molecular complexity index is 777. The van der Waals surface area contributed by atoms with E-state index >= 15 is 0 Å². The molecule has 0 aliphatic carbocycles. The largest absolute Gasteiger partial charge is 0.450 e. The van der Waals surface area contributed by atoms with Crippen molar-refractivity contribution in [3.63, 3.8) is 0 Å². The molecule has 1 saturated heterocycles. The minimum Gasteiger partial charge on any atom is -0.450 e. The van der Waals surface area contributed by atoms with Gasteiger partial charge in [0.05, 0.1) is 0 Å². The van der Waals surface area contributed by atoms with Crippen LogP contribution in [0.2, 0.25) is 0 Å². The zero-order chi connectivity index (χ0) is 13.5. The standard InChI is InChI=1S/C15H14BrN3O/c16-10-4-5-12-11(8-10)13-14(20-12)15(18-9-17-13)19-6-2-1-3-7-19/h4-5,8-9H,1-3,6-7H2. The van der Waals surface area contributed by atoms with Gasteiger partial charge in [-0.2, -0.15) is 0 Å². The molecule has 20 heavy (non-hydrogen) atoms. The number of furan rings is 1. The second-order valence-electron chi connectivity index (χ2n) is 5.17. The molecule has 0 atom stereocenters. The fraction of sp³-hybridized carbons (Fsp3) is 0.333. The third-order valence-electron chi connectivity index (χ3n) is 3.85. The third kappa shape index (κ3) is 1.88. The van der Waals surface area contributed by atoms with Gasteiger partial charge < -0.3 is 9.32 Å². The summed E-state index contributed by atoms with van der Waals surface area (Å²) in [6.45, 7) is 2.10. The van der Waals surface area contributed by atoms with Crippen LogP contribution in [0.5, 0.6) is 0 Å². The first kappa shape index (κ1) is 12.1. The van der Waals surface area contributed by atoms with Crippen molar-refractivity contribution in [2.75, 3.05) is 18.0 Å². The van der Waals surface area contributed by atoms with Crippen molar-refractivity contribution in [3.05, 3.63) is 29.0 Å². The Morgan fingerprint density at radius 1 is 1.10 bits per heavy atom. The highest BCUT2D eigenvalue weighted by molar-refractivity contribution is 9.10. The lowest BCUT2D eigenvalue weighted by atomic mass is 10.1. The Morgan fingerprint density at radius 2 is 1.95 bits per heavy atom. The van der Waals surface area contributed by atoms with E-state index in [1.807, 2.05) is 18.2 Å². The van der Waals surface area contributed by atoms with Crippen molar-refractivity contribution in [1.82, 2.24) is 9.97 Å². The molecule has 5 heteroatoms. The number of piperidine rings is 1. The van der Waals surface area contributed by atoms with Gasteiger partial charge in [-0.05, 0) is 37.5 Å². The van der Waals surface area contributed by atoms with Gasteiger partial charge in [0, 0.05) is 22.9 Å². The fourth-order valence-electron chi connectivity index (χ4n) is 2.87. The Morgan fingerprint density at radius 3 is 2.80 bits per heavy atom. The normalized spacial score (nSPS) is 16.1. The van der Waals surface area contributed by atoms with Gasteiger partial charge in [0.25, 0.3) is 0 Å². The zero-order valence-electron chi connectivity index (χ0n) is 11.0. The fourth-order valence-corrected chi connectivity index (χ4v) is 3.23. The van der Waals surface area contributed by atoms with Gasteiger partial charge in [-0.25, -0.2) is 9.97 Å². The van der Waals surface area contributed by atoms with Crippen molar-refractivity contribution >= 4 is 43.8 Å². The van der Waals surface area contributed by atoms with Crippen molar-refractivity contribution in [2.45, 2.75) is 19.3 Å². The van der Waals surface area contributed by atoms with Crippen molar-refractivity contribution in [2.24, 2.45) is 0 Å². The maximum Gasteiger partial charge on any atom is 0.196 e. The molecule has 4 nitrogen and oxygen atoms in total. The molecule has 4 rings (SSSR count). The highest BCUT2D eigenvalue weighted by atomic mass is 79.9. The molecule has 102 valence electrons. The molecule has 0 N–H and O–H groups in total. The highest BCUT2D eigenvalue weighted by Crippen LogP contribution is 2.34. The summed E-state index contributed by atoms with van der Waals surface area (Å²) in [7, 11) is 0. The molecule has 1 aliphatic rings. The van der Waals surface area contributed by atoms with Crippen LogP contribution in [0.25, 0.3) is 22.1 Å². The van der Waals surface area contributed by atoms with E-state index in [0.29, 0.717) is 0 Å². The SMILES string of the molecule is Brc1ccc2oc3c(N4CCCCC4)ncnc3c2c1. The lowest BCUT2D eigenvalue weighted by molar-refractivity contribution is 0.569. The van der Waals surface area contributed by atoms with Crippen LogP contribution in [0.4, 0.5) is 5.82 Å². The molecule has 1 fully saturated rings. The number of hydrogen-bond donors (Lipinski definition) is 0. The van der Waals surface area contributed by atoms with E-state index in [1.165, 1.54) is 19.3 Å². The average Bonchev–Trinajstić information content (AvgIpc) is 2.86. The molecule has 2 aromatic heterocycles. The molecule has 0 unspecified atom stereocenters. The zero-order valence-corrected chi connectivity index (χ0v) is 12.6. The van der Waals surface area contributed by atoms with E-state index in [9.17, 15) is 0 Å². The Balaban J connectivity index is 1.95. The summed E-state index contributed by atoms with van der Waals surface area (Å²) in [5.74, 6) is 0.932. The highest BCUT2D eigenvalue weighted by Gasteiger charge is 2.19. The van der Waals surface area contributed by atoms with E-state index in [4.69, 9.17) is 4.42 Å².